The number of benzene rings is 1. The molecular weight excluding hydrogens is 239 g/mol. The van der Waals surface area contributed by atoms with Gasteiger partial charge in [-0.25, -0.2) is 6.92 Å². The molecule has 0 saturated carbocycles. The zero-order valence-corrected chi connectivity index (χ0v) is 10.5. The zero-order valence-electron chi connectivity index (χ0n) is 7.66. The van der Waals surface area contributed by atoms with Crippen molar-refractivity contribution < 1.29 is 37.2 Å². The molecule has 1 aromatic carbocycles. The largest absolute Gasteiger partial charge is 0.378 e. The van der Waals surface area contributed by atoms with Gasteiger partial charge in [-0.3, -0.25) is 0 Å². The van der Waals surface area contributed by atoms with E-state index in [2.05, 4.69) is 19.0 Å². The van der Waals surface area contributed by atoms with Crippen LogP contribution in [0.1, 0.15) is 12.6 Å². The maximum Gasteiger partial charge on any atom is 0.0870 e. The average molecular weight is 250 g/mol. The summed E-state index contributed by atoms with van der Waals surface area (Å²) in [6.45, 7) is 8.70. The van der Waals surface area contributed by atoms with E-state index >= 15 is 0 Å². The van der Waals surface area contributed by atoms with Gasteiger partial charge in [-0.1, -0.05) is 17.8 Å². The van der Waals surface area contributed by atoms with Gasteiger partial charge in [0.05, 0.1) is 5.58 Å². The predicted molar refractivity (Wildman–Crippen MR) is 49.5 cm³/mol. The Balaban J connectivity index is 0.000000451. The van der Waals surface area contributed by atoms with E-state index in [1.807, 2.05) is 24.3 Å². The van der Waals surface area contributed by atoms with Crippen LogP contribution in [0.5, 0.6) is 0 Å². The third kappa shape index (κ3) is 2.82. The van der Waals surface area contributed by atoms with E-state index in [0.29, 0.717) is 5.69 Å². The Morgan fingerprint density at radius 2 is 1.85 bits per heavy atom. The molecule has 2 nitrogen and oxygen atoms in total. The van der Waals surface area contributed by atoms with Crippen LogP contribution in [0.4, 0.5) is 0 Å². The summed E-state index contributed by atoms with van der Waals surface area (Å²) in [4.78, 5) is 0. The fraction of sp³-hybridized carbons (Fsp3) is 0.100. The Bertz CT molecular complexity index is 356. The molecule has 67 valence electrons. The number of aromatic nitrogens is 1. The number of hydrogen-bond donors (Lipinski definition) is 0. The molecule has 0 fully saturated rings. The van der Waals surface area contributed by atoms with E-state index in [1.165, 1.54) is 0 Å². The van der Waals surface area contributed by atoms with Gasteiger partial charge in [0, 0.05) is 32.7 Å². The van der Waals surface area contributed by atoms with Crippen molar-refractivity contribution in [2.75, 3.05) is 0 Å². The van der Waals surface area contributed by atoms with Gasteiger partial charge in [0.25, 0.3) is 0 Å². The Morgan fingerprint density at radius 3 is 2.46 bits per heavy atom. The third-order valence-corrected chi connectivity index (χ3v) is 1.45. The molecule has 13 heavy (non-hydrogen) atoms. The van der Waals surface area contributed by atoms with Crippen LogP contribution in [0.15, 0.2) is 28.8 Å². The first-order chi connectivity index (χ1) is 5.88. The first-order valence-electron chi connectivity index (χ1n) is 3.75. The molecule has 0 aliphatic rings. The Kier molecular flexibility index (Phi) is 6.01. The number of nitrogens with zero attached hydrogens (tertiary/aromatic N) is 1. The van der Waals surface area contributed by atoms with Gasteiger partial charge < -0.3 is 11.4 Å². The SMILES string of the molecule is [CH2-]C.[CH2-]c1noc2ccccc12.[Y]. The third-order valence-electron chi connectivity index (χ3n) is 1.45. The van der Waals surface area contributed by atoms with E-state index in [-0.39, 0.29) is 32.7 Å². The first-order valence-corrected chi connectivity index (χ1v) is 3.75. The van der Waals surface area contributed by atoms with Crippen LogP contribution >= 0.6 is 0 Å². The fourth-order valence-electron chi connectivity index (χ4n) is 0.938. The maximum absolute atomic E-state index is 4.94. The van der Waals surface area contributed by atoms with Gasteiger partial charge in [0.2, 0.25) is 0 Å². The van der Waals surface area contributed by atoms with Gasteiger partial charge in [-0.15, -0.1) is 16.6 Å². The Morgan fingerprint density at radius 1 is 1.23 bits per heavy atom. The van der Waals surface area contributed by atoms with Crippen molar-refractivity contribution in [3.63, 3.8) is 0 Å². The second-order valence-electron chi connectivity index (χ2n) is 2.13. The number of hydrogen-bond acceptors (Lipinski definition) is 2. The first kappa shape index (κ1) is 12.7. The minimum atomic E-state index is 0. The van der Waals surface area contributed by atoms with Crippen molar-refractivity contribution in [3.8, 4) is 0 Å². The maximum atomic E-state index is 4.94. The molecule has 0 N–H and O–H groups in total. The van der Waals surface area contributed by atoms with Crippen LogP contribution in [-0.2, 0) is 32.7 Å². The van der Waals surface area contributed by atoms with E-state index in [0.717, 1.165) is 11.0 Å². The van der Waals surface area contributed by atoms with Gasteiger partial charge >= 0.3 is 0 Å². The van der Waals surface area contributed by atoms with E-state index in [4.69, 9.17) is 4.52 Å². The minimum absolute atomic E-state index is 0. The summed E-state index contributed by atoms with van der Waals surface area (Å²) in [6, 6.07) is 7.66. The van der Waals surface area contributed by atoms with Crippen molar-refractivity contribution in [3.05, 3.63) is 43.8 Å². The summed E-state index contributed by atoms with van der Waals surface area (Å²) in [5.41, 5.74) is 1.50. The zero-order chi connectivity index (χ0) is 8.97. The van der Waals surface area contributed by atoms with Crippen LogP contribution < -0.4 is 0 Å². The molecule has 2 aromatic rings. The molecule has 0 bridgehead atoms. The summed E-state index contributed by atoms with van der Waals surface area (Å²) in [5, 5.41) is 4.70. The molecule has 0 amide bonds. The van der Waals surface area contributed by atoms with Gasteiger partial charge in [-0.2, -0.15) is 6.92 Å². The average Bonchev–Trinajstić information content (AvgIpc) is 2.53. The molecule has 0 atom stereocenters. The number of rotatable bonds is 0. The topological polar surface area (TPSA) is 26.0 Å². The number of para-hydroxylation sites is 1. The van der Waals surface area contributed by atoms with Crippen LogP contribution in [0, 0.1) is 13.8 Å². The molecule has 0 saturated heterocycles. The summed E-state index contributed by atoms with van der Waals surface area (Å²) in [6.07, 6.45) is 0. The quantitative estimate of drug-likeness (QED) is 0.672. The minimum Gasteiger partial charge on any atom is -0.378 e. The fourth-order valence-corrected chi connectivity index (χ4v) is 0.938. The summed E-state index contributed by atoms with van der Waals surface area (Å²) in [7, 11) is 0. The summed E-state index contributed by atoms with van der Waals surface area (Å²) < 4.78 is 4.94. The van der Waals surface area contributed by atoms with Gasteiger partial charge in [-0.05, 0) is 6.07 Å². The van der Waals surface area contributed by atoms with E-state index in [9.17, 15) is 0 Å². The smallest absolute Gasteiger partial charge is 0.0870 e. The predicted octanol–water partition coefficient (Wildman–Crippen LogP) is 2.85. The number of fused-ring (bicyclic) bond motifs is 1. The standard InChI is InChI=1S/C8H6NO.C2H5.Y/c1-6-7-4-2-3-5-8(7)10-9-6;1-2;/h2-5H,1H2;1H2,2H3;/q2*-1;. The normalized spacial score (nSPS) is 8.46. The molecule has 0 aliphatic heterocycles. The molecule has 2 rings (SSSR count). The van der Waals surface area contributed by atoms with Crippen LogP contribution in [-0.4, -0.2) is 5.16 Å². The molecule has 1 radical (unpaired) electrons. The Hall–Kier alpha value is -0.336. The molecule has 1 aromatic heterocycles. The Labute approximate surface area is 104 Å². The molecule has 3 heteroatoms. The van der Waals surface area contributed by atoms with Crippen molar-refractivity contribution in [2.24, 2.45) is 0 Å². The summed E-state index contributed by atoms with van der Waals surface area (Å²) >= 11 is 0. The van der Waals surface area contributed by atoms with Crippen molar-refractivity contribution in [2.45, 2.75) is 6.92 Å². The monoisotopic (exact) mass is 250 g/mol. The van der Waals surface area contributed by atoms with Gasteiger partial charge in [0.15, 0.2) is 0 Å². The van der Waals surface area contributed by atoms with Gasteiger partial charge in [0.1, 0.15) is 0 Å². The second-order valence-corrected chi connectivity index (χ2v) is 2.13. The molecule has 0 aliphatic carbocycles. The molecule has 1 heterocycles. The van der Waals surface area contributed by atoms with E-state index in [1.54, 1.807) is 6.92 Å². The van der Waals surface area contributed by atoms with Crippen LogP contribution in [0.3, 0.4) is 0 Å². The second kappa shape index (κ2) is 6.17. The van der Waals surface area contributed by atoms with E-state index < -0.39 is 0 Å². The van der Waals surface area contributed by atoms with Crippen LogP contribution in [0.2, 0.25) is 0 Å². The van der Waals surface area contributed by atoms with Crippen molar-refractivity contribution in [1.82, 2.24) is 5.16 Å². The molecule has 0 spiro atoms. The molecular formula is C10H11NOY-2. The summed E-state index contributed by atoms with van der Waals surface area (Å²) in [5.74, 6) is 0. The van der Waals surface area contributed by atoms with Crippen molar-refractivity contribution in [1.29, 1.82) is 0 Å². The van der Waals surface area contributed by atoms with Crippen LogP contribution in [0.25, 0.3) is 11.0 Å². The molecule has 0 unspecified atom stereocenters. The van der Waals surface area contributed by atoms with Crippen molar-refractivity contribution >= 4 is 11.0 Å².